The van der Waals surface area contributed by atoms with Gasteiger partial charge in [0.2, 0.25) is 0 Å². The van der Waals surface area contributed by atoms with Crippen molar-refractivity contribution in [3.05, 3.63) is 5.82 Å². The van der Waals surface area contributed by atoms with Crippen LogP contribution in [0.5, 0.6) is 0 Å². The van der Waals surface area contributed by atoms with E-state index in [0.29, 0.717) is 12.5 Å². The molecule has 1 heterocycles. The van der Waals surface area contributed by atoms with Crippen LogP contribution in [0.3, 0.4) is 0 Å². The zero-order chi connectivity index (χ0) is 16.9. The summed E-state index contributed by atoms with van der Waals surface area (Å²) < 4.78 is 27.1. The molecule has 1 aliphatic rings. The predicted octanol–water partition coefficient (Wildman–Crippen LogP) is 1.95. The highest BCUT2D eigenvalue weighted by molar-refractivity contribution is 7.89. The molecule has 23 heavy (non-hydrogen) atoms. The average Bonchev–Trinajstić information content (AvgIpc) is 2.90. The van der Waals surface area contributed by atoms with E-state index in [1.54, 1.807) is 0 Å². The number of nitrogens with one attached hydrogen (secondary N) is 2. The predicted molar refractivity (Wildman–Crippen MR) is 85.6 cm³/mol. The molecule has 0 spiro atoms. The third-order valence-corrected chi connectivity index (χ3v) is 4.96. The number of sulfone groups is 1. The topological polar surface area (TPSA) is 114 Å². The summed E-state index contributed by atoms with van der Waals surface area (Å²) in [4.78, 5) is 15.6. The molecule has 2 rings (SSSR count). The van der Waals surface area contributed by atoms with Crippen LogP contribution in [0.15, 0.2) is 4.52 Å². The Balaban J connectivity index is 1.73. The molecule has 2 N–H and O–H groups in total. The Labute approximate surface area is 136 Å². The zero-order valence-corrected chi connectivity index (χ0v) is 14.4. The lowest BCUT2D eigenvalue weighted by Crippen LogP contribution is -2.34. The average molecular weight is 344 g/mol. The maximum Gasteiger partial charge on any atom is 0.329 e. The molecule has 1 aromatic heterocycles. The monoisotopic (exact) mass is 344 g/mol. The molecule has 0 saturated heterocycles. The van der Waals surface area contributed by atoms with E-state index in [9.17, 15) is 13.2 Å². The van der Waals surface area contributed by atoms with Crippen LogP contribution in [-0.2, 0) is 15.6 Å². The van der Waals surface area contributed by atoms with Gasteiger partial charge < -0.3 is 9.84 Å². The second-order valence-corrected chi connectivity index (χ2v) is 8.36. The van der Waals surface area contributed by atoms with Gasteiger partial charge in [-0.1, -0.05) is 31.3 Å². The highest BCUT2D eigenvalue weighted by Gasteiger charge is 2.20. The molecule has 1 aromatic rings. The Morgan fingerprint density at radius 1 is 1.26 bits per heavy atom. The van der Waals surface area contributed by atoms with Gasteiger partial charge in [0.15, 0.2) is 15.7 Å². The fourth-order valence-corrected chi connectivity index (χ4v) is 3.41. The fraction of sp³-hybridized carbons (Fsp3) is 0.786. The second kappa shape index (κ2) is 7.76. The number of urea groups is 1. The fourth-order valence-electron chi connectivity index (χ4n) is 2.82. The Kier molecular flexibility index (Phi) is 5.97. The van der Waals surface area contributed by atoms with E-state index in [1.807, 2.05) is 0 Å². The van der Waals surface area contributed by atoms with Crippen LogP contribution in [-0.4, -0.2) is 37.4 Å². The smallest absolute Gasteiger partial charge is 0.329 e. The maximum atomic E-state index is 11.8. The van der Waals surface area contributed by atoms with Crippen LogP contribution in [0, 0.1) is 11.8 Å². The third-order valence-electron chi connectivity index (χ3n) is 4.17. The minimum atomic E-state index is -3.24. The van der Waals surface area contributed by atoms with Gasteiger partial charge in [0.1, 0.15) is 5.75 Å². The first-order chi connectivity index (χ1) is 10.9. The van der Waals surface area contributed by atoms with E-state index < -0.39 is 15.9 Å². The Hall–Kier alpha value is -1.64. The van der Waals surface area contributed by atoms with Crippen LogP contribution in [0.2, 0.25) is 0 Å². The van der Waals surface area contributed by atoms with E-state index in [0.717, 1.165) is 25.0 Å². The molecule has 130 valence electrons. The van der Waals surface area contributed by atoms with Crippen molar-refractivity contribution in [2.24, 2.45) is 11.8 Å². The highest BCUT2D eigenvalue weighted by Crippen LogP contribution is 2.30. The molecule has 9 heteroatoms. The summed E-state index contributed by atoms with van der Waals surface area (Å²) in [6, 6.07) is -0.520. The quantitative estimate of drug-likeness (QED) is 0.815. The first-order valence-corrected chi connectivity index (χ1v) is 9.97. The van der Waals surface area contributed by atoms with E-state index in [2.05, 4.69) is 27.7 Å². The van der Waals surface area contributed by atoms with Crippen molar-refractivity contribution in [3.8, 4) is 0 Å². The first kappa shape index (κ1) is 17.7. The molecular weight excluding hydrogens is 320 g/mol. The van der Waals surface area contributed by atoms with Gasteiger partial charge in [0.25, 0.3) is 0 Å². The molecule has 0 aliphatic heterocycles. The summed E-state index contributed by atoms with van der Waals surface area (Å²) in [7, 11) is -3.24. The van der Waals surface area contributed by atoms with E-state index in [1.165, 1.54) is 19.3 Å². The van der Waals surface area contributed by atoms with Crippen molar-refractivity contribution in [1.82, 2.24) is 15.5 Å². The molecule has 1 aliphatic carbocycles. The number of nitrogens with zero attached hydrogens (tertiary/aromatic N) is 2. The minimum Gasteiger partial charge on any atom is -0.337 e. The standard InChI is InChI=1S/C14H24N4O4S/c1-3-10-4-6-11(7-5-10)8-15-13(19)17-14-16-12(18-22-14)9-23(2,20)21/h10-11H,3-9H2,1-2H3,(H2,15,16,17,18,19). The molecule has 0 aromatic carbocycles. The van der Waals surface area contributed by atoms with Crippen molar-refractivity contribution in [1.29, 1.82) is 0 Å². The largest absolute Gasteiger partial charge is 0.337 e. The van der Waals surface area contributed by atoms with Crippen LogP contribution in [0.25, 0.3) is 0 Å². The molecule has 2 amide bonds. The Morgan fingerprint density at radius 2 is 1.91 bits per heavy atom. The van der Waals surface area contributed by atoms with Gasteiger partial charge in [-0.3, -0.25) is 5.32 Å². The van der Waals surface area contributed by atoms with Crippen LogP contribution >= 0.6 is 0 Å². The van der Waals surface area contributed by atoms with E-state index in [-0.39, 0.29) is 17.6 Å². The third kappa shape index (κ3) is 6.17. The summed E-state index contributed by atoms with van der Waals surface area (Å²) in [6.45, 7) is 2.84. The molecule has 0 unspecified atom stereocenters. The van der Waals surface area contributed by atoms with Crippen LogP contribution < -0.4 is 10.6 Å². The SMILES string of the molecule is CCC1CCC(CNC(=O)Nc2nc(CS(C)(=O)=O)no2)CC1. The molecule has 0 radical (unpaired) electrons. The molecule has 8 nitrogen and oxygen atoms in total. The number of hydrogen-bond acceptors (Lipinski definition) is 6. The van der Waals surface area contributed by atoms with Crippen molar-refractivity contribution in [2.45, 2.75) is 44.8 Å². The van der Waals surface area contributed by atoms with Gasteiger partial charge in [-0.05, 0) is 24.7 Å². The summed E-state index contributed by atoms with van der Waals surface area (Å²) in [5, 5.41) is 8.73. The summed E-state index contributed by atoms with van der Waals surface area (Å²) in [6.07, 6.45) is 7.03. The minimum absolute atomic E-state index is 0.0284. The lowest BCUT2D eigenvalue weighted by molar-refractivity contribution is 0.238. The van der Waals surface area contributed by atoms with Crippen LogP contribution in [0.1, 0.15) is 44.9 Å². The number of carbonyl (C=O) groups excluding carboxylic acids is 1. The summed E-state index contributed by atoms with van der Waals surface area (Å²) in [5.74, 6) is 1.04. The summed E-state index contributed by atoms with van der Waals surface area (Å²) in [5.41, 5.74) is 0. The maximum absolute atomic E-state index is 11.8. The van der Waals surface area contributed by atoms with Gasteiger partial charge >= 0.3 is 12.0 Å². The normalized spacial score (nSPS) is 21.8. The van der Waals surface area contributed by atoms with Gasteiger partial charge in [-0.25, -0.2) is 13.2 Å². The number of amides is 2. The zero-order valence-electron chi connectivity index (χ0n) is 13.5. The molecule has 0 bridgehead atoms. The van der Waals surface area contributed by atoms with Crippen LogP contribution in [0.4, 0.5) is 10.8 Å². The molecular formula is C14H24N4O4S. The molecule has 0 atom stereocenters. The number of anilines is 1. The van der Waals surface area contributed by atoms with Crippen molar-refractivity contribution < 1.29 is 17.7 Å². The molecule has 1 fully saturated rings. The van der Waals surface area contributed by atoms with E-state index in [4.69, 9.17) is 4.52 Å². The Morgan fingerprint density at radius 3 is 2.52 bits per heavy atom. The number of aromatic nitrogens is 2. The summed E-state index contributed by atoms with van der Waals surface area (Å²) >= 11 is 0. The van der Waals surface area contributed by atoms with Crippen molar-refractivity contribution in [2.75, 3.05) is 18.1 Å². The van der Waals surface area contributed by atoms with Crippen molar-refractivity contribution >= 4 is 21.9 Å². The highest BCUT2D eigenvalue weighted by atomic mass is 32.2. The van der Waals surface area contributed by atoms with Gasteiger partial charge in [-0.15, -0.1) is 0 Å². The first-order valence-electron chi connectivity index (χ1n) is 7.91. The number of carbonyl (C=O) groups is 1. The Bertz CT molecular complexity index is 620. The number of hydrogen-bond donors (Lipinski definition) is 2. The lowest BCUT2D eigenvalue weighted by atomic mass is 9.81. The molecule has 1 saturated carbocycles. The van der Waals surface area contributed by atoms with Gasteiger partial charge in [0, 0.05) is 12.8 Å². The number of rotatable bonds is 6. The van der Waals surface area contributed by atoms with Gasteiger partial charge in [-0.2, -0.15) is 4.98 Å². The van der Waals surface area contributed by atoms with E-state index >= 15 is 0 Å². The van der Waals surface area contributed by atoms with Gasteiger partial charge in [0.05, 0.1) is 0 Å². The second-order valence-electron chi connectivity index (χ2n) is 6.22. The van der Waals surface area contributed by atoms with Crippen molar-refractivity contribution in [3.63, 3.8) is 0 Å². The lowest BCUT2D eigenvalue weighted by Gasteiger charge is -2.27.